The summed E-state index contributed by atoms with van der Waals surface area (Å²) in [7, 11) is 5.99. The van der Waals surface area contributed by atoms with Crippen LogP contribution < -0.4 is 10.6 Å². The molecule has 25 heavy (non-hydrogen) atoms. The van der Waals surface area contributed by atoms with E-state index < -0.39 is 0 Å². The van der Waals surface area contributed by atoms with Gasteiger partial charge in [-0.2, -0.15) is 0 Å². The van der Waals surface area contributed by atoms with E-state index in [2.05, 4.69) is 23.1 Å². The van der Waals surface area contributed by atoms with Crippen molar-refractivity contribution < 1.29 is 9.59 Å². The van der Waals surface area contributed by atoms with Gasteiger partial charge >= 0.3 is 0 Å². The van der Waals surface area contributed by atoms with E-state index in [0.29, 0.717) is 19.6 Å². The summed E-state index contributed by atoms with van der Waals surface area (Å²) >= 11 is 0. The third kappa shape index (κ3) is 4.95. The first-order valence-corrected chi connectivity index (χ1v) is 8.84. The molecule has 1 heterocycles. The molecule has 1 aromatic rings. The number of rotatable bonds is 6. The lowest BCUT2D eigenvalue weighted by atomic mass is 9.97. The van der Waals surface area contributed by atoms with Crippen molar-refractivity contribution in [2.75, 3.05) is 39.1 Å². The molecule has 1 aliphatic heterocycles. The second-order valence-electron chi connectivity index (χ2n) is 7.18. The Labute approximate surface area is 150 Å². The van der Waals surface area contributed by atoms with Crippen molar-refractivity contribution in [2.45, 2.75) is 32.4 Å². The van der Waals surface area contributed by atoms with Gasteiger partial charge in [-0.3, -0.25) is 14.5 Å². The van der Waals surface area contributed by atoms with Gasteiger partial charge < -0.3 is 15.5 Å². The highest BCUT2D eigenvalue weighted by molar-refractivity contribution is 5.83. The fraction of sp³-hybridized carbons (Fsp3) is 0.579. The molecule has 2 N–H and O–H groups in total. The molecule has 2 amide bonds. The van der Waals surface area contributed by atoms with E-state index in [1.54, 1.807) is 4.90 Å². The number of likely N-dealkylation sites (N-methyl/N-ethyl adjacent to an activating group) is 1. The standard InChI is InChI=1S/C19H30N4O2/c1-14(19(25)23-10-6-8-16(13-23)18(20)24)22(4)12-15-7-5-9-17(11-15)21(2)3/h5,7,9,11,14,16H,6,8,10,12-13H2,1-4H3,(H2,20,24)/t14-,16-/m0/s1. The van der Waals surface area contributed by atoms with E-state index in [0.717, 1.165) is 18.5 Å². The van der Waals surface area contributed by atoms with Crippen LogP contribution in [-0.4, -0.2) is 61.9 Å². The molecular formula is C19H30N4O2. The van der Waals surface area contributed by atoms with Crippen LogP contribution in [0, 0.1) is 5.92 Å². The Hall–Kier alpha value is -2.08. The van der Waals surface area contributed by atoms with Crippen molar-refractivity contribution in [1.82, 2.24) is 9.80 Å². The van der Waals surface area contributed by atoms with E-state index in [1.807, 2.05) is 39.0 Å². The zero-order valence-corrected chi connectivity index (χ0v) is 15.7. The Morgan fingerprint density at radius 1 is 1.32 bits per heavy atom. The average molecular weight is 346 g/mol. The summed E-state index contributed by atoms with van der Waals surface area (Å²) in [5.41, 5.74) is 7.73. The highest BCUT2D eigenvalue weighted by Crippen LogP contribution is 2.19. The van der Waals surface area contributed by atoms with E-state index in [1.165, 1.54) is 5.56 Å². The van der Waals surface area contributed by atoms with Gasteiger partial charge in [-0.25, -0.2) is 0 Å². The summed E-state index contributed by atoms with van der Waals surface area (Å²) in [6.45, 7) is 3.77. The first kappa shape index (κ1) is 19.2. The van der Waals surface area contributed by atoms with Gasteiger partial charge in [0.05, 0.1) is 12.0 Å². The van der Waals surface area contributed by atoms with E-state index >= 15 is 0 Å². The fourth-order valence-electron chi connectivity index (χ4n) is 3.22. The van der Waals surface area contributed by atoms with Gasteiger partial charge in [0.1, 0.15) is 0 Å². The molecule has 1 aliphatic rings. The van der Waals surface area contributed by atoms with Crippen LogP contribution in [0.2, 0.25) is 0 Å². The summed E-state index contributed by atoms with van der Waals surface area (Å²) in [6.07, 6.45) is 1.61. The molecular weight excluding hydrogens is 316 g/mol. The van der Waals surface area contributed by atoms with Gasteiger partial charge in [0, 0.05) is 39.4 Å². The number of benzene rings is 1. The van der Waals surface area contributed by atoms with Crippen LogP contribution >= 0.6 is 0 Å². The van der Waals surface area contributed by atoms with Crippen LogP contribution in [0.25, 0.3) is 0 Å². The van der Waals surface area contributed by atoms with Crippen molar-refractivity contribution in [2.24, 2.45) is 11.7 Å². The molecule has 138 valence electrons. The van der Waals surface area contributed by atoms with E-state index in [4.69, 9.17) is 5.73 Å². The predicted octanol–water partition coefficient (Wildman–Crippen LogP) is 1.30. The second-order valence-corrected chi connectivity index (χ2v) is 7.18. The predicted molar refractivity (Wildman–Crippen MR) is 100 cm³/mol. The lowest BCUT2D eigenvalue weighted by Crippen LogP contribution is -2.50. The molecule has 2 atom stereocenters. The Morgan fingerprint density at radius 2 is 2.04 bits per heavy atom. The first-order chi connectivity index (χ1) is 11.8. The van der Waals surface area contributed by atoms with Crippen LogP contribution in [0.3, 0.4) is 0 Å². The normalized spacial score (nSPS) is 18.9. The first-order valence-electron chi connectivity index (χ1n) is 8.84. The molecule has 0 unspecified atom stereocenters. The minimum absolute atomic E-state index is 0.0669. The number of carbonyl (C=O) groups is 2. The van der Waals surface area contributed by atoms with Crippen molar-refractivity contribution in [3.05, 3.63) is 29.8 Å². The topological polar surface area (TPSA) is 69.9 Å². The highest BCUT2D eigenvalue weighted by atomic mass is 16.2. The van der Waals surface area contributed by atoms with Crippen molar-refractivity contribution in [3.8, 4) is 0 Å². The van der Waals surface area contributed by atoms with Crippen LogP contribution in [0.5, 0.6) is 0 Å². The number of carbonyl (C=O) groups excluding carboxylic acids is 2. The fourth-order valence-corrected chi connectivity index (χ4v) is 3.22. The van der Waals surface area contributed by atoms with Gasteiger partial charge in [-0.15, -0.1) is 0 Å². The SMILES string of the molecule is C[C@@H](C(=O)N1CCC[C@H](C(N)=O)C1)N(C)Cc1cccc(N(C)C)c1. The molecule has 0 spiro atoms. The largest absolute Gasteiger partial charge is 0.378 e. The van der Waals surface area contributed by atoms with Gasteiger partial charge in [0.15, 0.2) is 0 Å². The molecule has 1 aromatic carbocycles. The van der Waals surface area contributed by atoms with Crippen molar-refractivity contribution in [1.29, 1.82) is 0 Å². The summed E-state index contributed by atoms with van der Waals surface area (Å²) < 4.78 is 0. The van der Waals surface area contributed by atoms with E-state index in [-0.39, 0.29) is 23.8 Å². The molecule has 0 bridgehead atoms. The van der Waals surface area contributed by atoms with Crippen LogP contribution in [0.4, 0.5) is 5.69 Å². The molecule has 1 saturated heterocycles. The number of anilines is 1. The summed E-state index contributed by atoms with van der Waals surface area (Å²) in [5.74, 6) is -0.455. The van der Waals surface area contributed by atoms with Gasteiger partial charge in [0.25, 0.3) is 0 Å². The van der Waals surface area contributed by atoms with Crippen molar-refractivity contribution >= 4 is 17.5 Å². The maximum Gasteiger partial charge on any atom is 0.239 e. The third-order valence-corrected chi connectivity index (χ3v) is 5.01. The number of amides is 2. The average Bonchev–Trinajstić information content (AvgIpc) is 2.60. The number of nitrogens with zero attached hydrogens (tertiary/aromatic N) is 3. The molecule has 6 heteroatoms. The molecule has 0 aromatic heterocycles. The third-order valence-electron chi connectivity index (χ3n) is 5.01. The van der Waals surface area contributed by atoms with Crippen LogP contribution in [-0.2, 0) is 16.1 Å². The Bertz CT molecular complexity index is 617. The van der Waals surface area contributed by atoms with Gasteiger partial charge in [0.2, 0.25) is 11.8 Å². The summed E-state index contributed by atoms with van der Waals surface area (Å²) in [6, 6.07) is 8.07. The number of hydrogen-bond acceptors (Lipinski definition) is 4. The maximum absolute atomic E-state index is 12.8. The summed E-state index contributed by atoms with van der Waals surface area (Å²) in [4.78, 5) is 30.1. The lowest BCUT2D eigenvalue weighted by Gasteiger charge is -2.35. The number of hydrogen-bond donors (Lipinski definition) is 1. The molecule has 0 saturated carbocycles. The number of piperidine rings is 1. The maximum atomic E-state index is 12.8. The molecule has 1 fully saturated rings. The monoisotopic (exact) mass is 346 g/mol. The minimum Gasteiger partial charge on any atom is -0.378 e. The zero-order chi connectivity index (χ0) is 18.6. The van der Waals surface area contributed by atoms with Gasteiger partial charge in [-0.1, -0.05) is 12.1 Å². The number of primary amides is 1. The smallest absolute Gasteiger partial charge is 0.239 e. The Balaban J connectivity index is 1.99. The van der Waals surface area contributed by atoms with E-state index in [9.17, 15) is 9.59 Å². The molecule has 2 rings (SSSR count). The minimum atomic E-state index is -0.306. The molecule has 0 radical (unpaired) electrons. The van der Waals surface area contributed by atoms with Crippen molar-refractivity contribution in [3.63, 3.8) is 0 Å². The van der Waals surface area contributed by atoms with Gasteiger partial charge in [-0.05, 0) is 44.5 Å². The highest BCUT2D eigenvalue weighted by Gasteiger charge is 2.30. The lowest BCUT2D eigenvalue weighted by molar-refractivity contribution is -0.139. The zero-order valence-electron chi connectivity index (χ0n) is 15.7. The number of likely N-dealkylation sites (tertiary alicyclic amines) is 1. The van der Waals surface area contributed by atoms with Crippen LogP contribution in [0.1, 0.15) is 25.3 Å². The quantitative estimate of drug-likeness (QED) is 0.843. The second kappa shape index (κ2) is 8.34. The Morgan fingerprint density at radius 3 is 2.68 bits per heavy atom. The summed E-state index contributed by atoms with van der Waals surface area (Å²) in [5, 5.41) is 0. The van der Waals surface area contributed by atoms with Crippen LogP contribution in [0.15, 0.2) is 24.3 Å². The Kier molecular flexibility index (Phi) is 6.42. The molecule has 6 nitrogen and oxygen atoms in total. The number of nitrogens with two attached hydrogens (primary N) is 1. The molecule has 0 aliphatic carbocycles.